The first-order valence-electron chi connectivity index (χ1n) is 8.65. The summed E-state index contributed by atoms with van der Waals surface area (Å²) < 4.78 is 6.58. The van der Waals surface area contributed by atoms with Crippen molar-refractivity contribution in [3.63, 3.8) is 0 Å². The monoisotopic (exact) mass is 439 g/mol. The van der Waals surface area contributed by atoms with E-state index in [1.54, 1.807) is 17.7 Å². The first kappa shape index (κ1) is 17.9. The van der Waals surface area contributed by atoms with Gasteiger partial charge in [0.25, 0.3) is 0 Å². The Bertz CT molecular complexity index is 1080. The Morgan fingerprint density at radius 1 is 1.04 bits per heavy atom. The van der Waals surface area contributed by atoms with Gasteiger partial charge in [-0.3, -0.25) is 0 Å². The molecular weight excluding hydrogens is 422 g/mol. The van der Waals surface area contributed by atoms with Gasteiger partial charge in [-0.2, -0.15) is 0 Å². The first-order chi connectivity index (χ1) is 13.2. The molecule has 0 unspecified atom stereocenters. The molecule has 0 spiro atoms. The number of aryl methyl sites for hydroxylation is 1. The van der Waals surface area contributed by atoms with Gasteiger partial charge in [0, 0.05) is 20.6 Å². The molecule has 0 aliphatic heterocycles. The van der Waals surface area contributed by atoms with Gasteiger partial charge < -0.3 is 10.1 Å². The van der Waals surface area contributed by atoms with Crippen molar-refractivity contribution in [3.8, 4) is 16.9 Å². The van der Waals surface area contributed by atoms with E-state index in [0.29, 0.717) is 6.61 Å². The van der Waals surface area contributed by atoms with Gasteiger partial charge in [-0.05, 0) is 55.8 Å². The molecule has 27 heavy (non-hydrogen) atoms. The molecule has 2 heterocycles. The number of ether oxygens (including phenoxy) is 1. The highest BCUT2D eigenvalue weighted by atomic mass is 79.9. The number of hydrogen-bond acceptors (Lipinski definition) is 5. The first-order valence-corrected chi connectivity index (χ1v) is 10.3. The highest BCUT2D eigenvalue weighted by Gasteiger charge is 2.17. The third-order valence-corrected chi connectivity index (χ3v) is 5.77. The van der Waals surface area contributed by atoms with E-state index >= 15 is 0 Å². The lowest BCUT2D eigenvalue weighted by Crippen LogP contribution is -1.96. The lowest BCUT2D eigenvalue weighted by molar-refractivity contribution is 0.340. The molecule has 0 aliphatic rings. The minimum Gasteiger partial charge on any atom is -0.494 e. The van der Waals surface area contributed by atoms with Crippen LogP contribution < -0.4 is 10.1 Å². The molecule has 6 heteroatoms. The highest BCUT2D eigenvalue weighted by molar-refractivity contribution is 9.10. The Hall–Kier alpha value is -2.44. The van der Waals surface area contributed by atoms with Crippen LogP contribution in [0.3, 0.4) is 0 Å². The van der Waals surface area contributed by atoms with Crippen LogP contribution in [0.2, 0.25) is 0 Å². The molecule has 4 rings (SSSR count). The molecule has 0 saturated carbocycles. The molecule has 0 bridgehead atoms. The number of anilines is 2. The van der Waals surface area contributed by atoms with Gasteiger partial charge in [0.05, 0.1) is 12.0 Å². The van der Waals surface area contributed by atoms with Gasteiger partial charge in [0.15, 0.2) is 0 Å². The summed E-state index contributed by atoms with van der Waals surface area (Å²) in [7, 11) is 0. The number of rotatable bonds is 5. The lowest BCUT2D eigenvalue weighted by Gasteiger charge is -2.10. The summed E-state index contributed by atoms with van der Waals surface area (Å²) in [5.74, 6) is 1.67. The normalized spacial score (nSPS) is 10.9. The van der Waals surface area contributed by atoms with Crippen molar-refractivity contribution >= 4 is 49.0 Å². The number of halogens is 1. The highest BCUT2D eigenvalue weighted by Crippen LogP contribution is 2.41. The van der Waals surface area contributed by atoms with Crippen LogP contribution in [0.1, 0.15) is 11.8 Å². The van der Waals surface area contributed by atoms with Gasteiger partial charge in [-0.25, -0.2) is 9.97 Å². The Labute approximate surface area is 170 Å². The van der Waals surface area contributed by atoms with Crippen LogP contribution in [0.15, 0.2) is 59.3 Å². The van der Waals surface area contributed by atoms with Crippen LogP contribution in [0.25, 0.3) is 21.3 Å². The van der Waals surface area contributed by atoms with Crippen LogP contribution in [-0.4, -0.2) is 16.6 Å². The number of fused-ring (bicyclic) bond motifs is 1. The topological polar surface area (TPSA) is 47.0 Å². The molecule has 0 radical (unpaired) electrons. The Balaban J connectivity index is 1.78. The van der Waals surface area contributed by atoms with E-state index in [4.69, 9.17) is 4.74 Å². The Morgan fingerprint density at radius 2 is 1.78 bits per heavy atom. The van der Waals surface area contributed by atoms with Crippen molar-refractivity contribution in [2.24, 2.45) is 0 Å². The molecule has 0 atom stereocenters. The van der Waals surface area contributed by atoms with Crippen molar-refractivity contribution < 1.29 is 4.74 Å². The van der Waals surface area contributed by atoms with Crippen molar-refractivity contribution in [1.29, 1.82) is 0 Å². The van der Waals surface area contributed by atoms with Crippen LogP contribution in [0, 0.1) is 6.92 Å². The number of hydrogen-bond donors (Lipinski definition) is 1. The average molecular weight is 440 g/mol. The fraction of sp³-hybridized carbons (Fsp3) is 0.143. The zero-order valence-electron chi connectivity index (χ0n) is 15.0. The van der Waals surface area contributed by atoms with Crippen molar-refractivity contribution in [3.05, 3.63) is 64.2 Å². The van der Waals surface area contributed by atoms with Crippen molar-refractivity contribution in [2.75, 3.05) is 11.9 Å². The number of thiophene rings is 1. The second-order valence-corrected chi connectivity index (χ2v) is 8.14. The van der Waals surface area contributed by atoms with Crippen molar-refractivity contribution in [2.45, 2.75) is 13.8 Å². The summed E-state index contributed by atoms with van der Waals surface area (Å²) in [6.07, 6.45) is 1.61. The number of aromatic nitrogens is 2. The quantitative estimate of drug-likeness (QED) is 0.381. The summed E-state index contributed by atoms with van der Waals surface area (Å²) in [6, 6.07) is 16.3. The average Bonchev–Trinajstić information content (AvgIpc) is 3.01. The molecule has 2 aromatic carbocycles. The zero-order chi connectivity index (χ0) is 18.8. The third kappa shape index (κ3) is 3.68. The van der Waals surface area contributed by atoms with Crippen LogP contribution in [0.5, 0.6) is 5.75 Å². The van der Waals surface area contributed by atoms with E-state index in [1.165, 1.54) is 10.4 Å². The van der Waals surface area contributed by atoms with Crippen LogP contribution >= 0.6 is 27.3 Å². The Morgan fingerprint density at radius 3 is 2.48 bits per heavy atom. The molecule has 136 valence electrons. The zero-order valence-corrected chi connectivity index (χ0v) is 17.4. The predicted molar refractivity (Wildman–Crippen MR) is 116 cm³/mol. The minimum atomic E-state index is 0.657. The van der Waals surface area contributed by atoms with E-state index in [0.717, 1.165) is 37.5 Å². The summed E-state index contributed by atoms with van der Waals surface area (Å²) in [5, 5.41) is 4.49. The van der Waals surface area contributed by atoms with E-state index in [-0.39, 0.29) is 0 Å². The molecule has 0 saturated heterocycles. The van der Waals surface area contributed by atoms with Gasteiger partial charge in [0.2, 0.25) is 0 Å². The van der Waals surface area contributed by atoms with Gasteiger partial charge in [-0.15, -0.1) is 11.3 Å². The maximum Gasteiger partial charge on any atom is 0.143 e. The smallest absolute Gasteiger partial charge is 0.143 e. The number of nitrogens with zero attached hydrogens (tertiary/aromatic N) is 2. The molecule has 0 fully saturated rings. The maximum absolute atomic E-state index is 5.52. The molecule has 2 aromatic heterocycles. The van der Waals surface area contributed by atoms with Crippen LogP contribution in [-0.2, 0) is 0 Å². The molecule has 1 N–H and O–H groups in total. The van der Waals surface area contributed by atoms with E-state index in [1.807, 2.05) is 31.2 Å². The van der Waals surface area contributed by atoms with Gasteiger partial charge in [-0.1, -0.05) is 28.1 Å². The van der Waals surface area contributed by atoms with Gasteiger partial charge in [0.1, 0.15) is 22.7 Å². The molecular formula is C21H18BrN3OS. The molecule has 4 aromatic rings. The van der Waals surface area contributed by atoms with E-state index in [9.17, 15) is 0 Å². The molecule has 0 aliphatic carbocycles. The minimum absolute atomic E-state index is 0.657. The van der Waals surface area contributed by atoms with E-state index < -0.39 is 0 Å². The fourth-order valence-electron chi connectivity index (χ4n) is 3.04. The fourth-order valence-corrected chi connectivity index (χ4v) is 4.32. The second kappa shape index (κ2) is 7.66. The SMILES string of the molecule is CCOc1ccc(Nc2ncnc3sc(C)c(-c4ccc(Br)cc4)c23)cc1. The van der Waals surface area contributed by atoms with E-state index in [2.05, 4.69) is 62.4 Å². The second-order valence-electron chi connectivity index (χ2n) is 6.02. The third-order valence-electron chi connectivity index (χ3n) is 4.23. The lowest BCUT2D eigenvalue weighted by atomic mass is 10.0. The Kier molecular flexibility index (Phi) is 5.09. The summed E-state index contributed by atoms with van der Waals surface area (Å²) in [4.78, 5) is 11.2. The predicted octanol–water partition coefficient (Wildman–Crippen LogP) is 6.57. The van der Waals surface area contributed by atoms with Crippen molar-refractivity contribution in [1.82, 2.24) is 9.97 Å². The molecule has 4 nitrogen and oxygen atoms in total. The number of benzene rings is 2. The van der Waals surface area contributed by atoms with Crippen LogP contribution in [0.4, 0.5) is 11.5 Å². The summed E-state index contributed by atoms with van der Waals surface area (Å²) in [5.41, 5.74) is 3.30. The summed E-state index contributed by atoms with van der Waals surface area (Å²) in [6.45, 7) is 4.76. The van der Waals surface area contributed by atoms with Gasteiger partial charge >= 0.3 is 0 Å². The maximum atomic E-state index is 5.52. The standard InChI is InChI=1S/C21H18BrN3OS/c1-3-26-17-10-8-16(9-11-17)25-20-19-18(14-4-6-15(22)7-5-14)13(2)27-21(19)24-12-23-20/h4-12H,3H2,1-2H3,(H,23,24,25). The molecule has 0 amide bonds. The number of nitrogens with one attached hydrogen (secondary N) is 1. The summed E-state index contributed by atoms with van der Waals surface area (Å²) >= 11 is 5.20. The largest absolute Gasteiger partial charge is 0.494 e.